The van der Waals surface area contributed by atoms with Crippen LogP contribution in [-0.4, -0.2) is 63.3 Å². The summed E-state index contributed by atoms with van der Waals surface area (Å²) in [6, 6.07) is 4.73. The highest BCUT2D eigenvalue weighted by Gasteiger charge is 2.40. The van der Waals surface area contributed by atoms with E-state index in [-0.39, 0.29) is 41.9 Å². The zero-order valence-electron chi connectivity index (χ0n) is 24.7. The van der Waals surface area contributed by atoms with Gasteiger partial charge in [-0.25, -0.2) is 14.2 Å². The monoisotopic (exact) mass is 601 g/mol. The molecule has 1 aromatic heterocycles. The number of nitrogens with one attached hydrogen (secondary N) is 2. The van der Waals surface area contributed by atoms with E-state index in [1.807, 2.05) is 6.92 Å². The maximum absolute atomic E-state index is 14.0. The highest BCUT2D eigenvalue weighted by atomic mass is 35.5. The highest BCUT2D eigenvalue weighted by molar-refractivity contribution is 6.39. The van der Waals surface area contributed by atoms with E-state index in [0.29, 0.717) is 17.1 Å². The van der Waals surface area contributed by atoms with Crippen LogP contribution < -0.4 is 10.6 Å². The van der Waals surface area contributed by atoms with Crippen molar-refractivity contribution >= 4 is 46.9 Å². The Kier molecular flexibility index (Phi) is 9.10. The van der Waals surface area contributed by atoms with Crippen molar-refractivity contribution in [2.24, 2.45) is 5.92 Å². The number of benzene rings is 1. The molecule has 2 heterocycles. The molecule has 2 aromatic rings. The number of anilines is 2. The normalized spacial score (nSPS) is 19.0. The summed E-state index contributed by atoms with van der Waals surface area (Å²) in [7, 11) is 0. The van der Waals surface area contributed by atoms with Crippen LogP contribution in [0.1, 0.15) is 77.5 Å². The molecule has 10 nitrogen and oxygen atoms in total. The SMILES string of the molecule is CC(C)C(=O)N1CC(c2ccc(F)c(Cl)c2)N(C(=O)C(=O)Nc2cnc(NC(=O)OC(C)(C)C)c(C3CC3)c2)C[C@H]1C. The first-order valence-corrected chi connectivity index (χ1v) is 14.4. The largest absolute Gasteiger partial charge is 0.444 e. The zero-order chi connectivity index (χ0) is 30.9. The Labute approximate surface area is 249 Å². The van der Waals surface area contributed by atoms with Gasteiger partial charge >= 0.3 is 17.9 Å². The molecular formula is C30H37ClFN5O5. The number of aromatic nitrogens is 1. The number of hydrogen-bond acceptors (Lipinski definition) is 6. The fourth-order valence-electron chi connectivity index (χ4n) is 4.92. The third-order valence-electron chi connectivity index (χ3n) is 7.11. The maximum Gasteiger partial charge on any atom is 0.413 e. The van der Waals surface area contributed by atoms with Crippen LogP contribution in [0, 0.1) is 11.7 Å². The number of piperazine rings is 1. The van der Waals surface area contributed by atoms with Crippen LogP contribution in [-0.2, 0) is 19.1 Å². The maximum atomic E-state index is 14.0. The molecule has 226 valence electrons. The van der Waals surface area contributed by atoms with Gasteiger partial charge in [-0.15, -0.1) is 0 Å². The second-order valence-corrected chi connectivity index (χ2v) is 12.6. The molecule has 1 aliphatic heterocycles. The molecule has 2 N–H and O–H groups in total. The van der Waals surface area contributed by atoms with Gasteiger partial charge in [0.15, 0.2) is 0 Å². The Balaban J connectivity index is 1.55. The second kappa shape index (κ2) is 12.2. The molecule has 0 bridgehead atoms. The molecule has 1 aromatic carbocycles. The van der Waals surface area contributed by atoms with Gasteiger partial charge in [-0.1, -0.05) is 31.5 Å². The number of rotatable bonds is 5. The van der Waals surface area contributed by atoms with Crippen molar-refractivity contribution in [3.63, 3.8) is 0 Å². The number of carbonyl (C=O) groups excluding carboxylic acids is 4. The van der Waals surface area contributed by atoms with E-state index in [1.54, 1.807) is 45.6 Å². The Bertz CT molecular complexity index is 1390. The molecule has 1 saturated heterocycles. The number of amides is 4. The number of hydrogen-bond donors (Lipinski definition) is 2. The summed E-state index contributed by atoms with van der Waals surface area (Å²) in [5, 5.41) is 5.19. The van der Waals surface area contributed by atoms with E-state index < -0.39 is 35.4 Å². The fraction of sp³-hybridized carbons (Fsp3) is 0.500. The first-order chi connectivity index (χ1) is 19.6. The molecule has 2 aliphatic rings. The third-order valence-corrected chi connectivity index (χ3v) is 7.40. The van der Waals surface area contributed by atoms with Crippen molar-refractivity contribution < 1.29 is 28.3 Å². The van der Waals surface area contributed by atoms with Crippen molar-refractivity contribution in [2.75, 3.05) is 23.7 Å². The molecule has 1 unspecified atom stereocenters. The lowest BCUT2D eigenvalue weighted by molar-refractivity contribution is -0.152. The molecule has 1 aliphatic carbocycles. The van der Waals surface area contributed by atoms with E-state index in [0.717, 1.165) is 18.4 Å². The van der Waals surface area contributed by atoms with Crippen LogP contribution in [0.3, 0.4) is 0 Å². The molecule has 2 fully saturated rings. The summed E-state index contributed by atoms with van der Waals surface area (Å²) in [5.41, 5.74) is 0.860. The Morgan fingerprint density at radius 3 is 2.36 bits per heavy atom. The average Bonchev–Trinajstić information content (AvgIpc) is 3.74. The molecule has 1 saturated carbocycles. The van der Waals surface area contributed by atoms with Gasteiger partial charge in [0.1, 0.15) is 17.2 Å². The zero-order valence-corrected chi connectivity index (χ0v) is 25.4. The van der Waals surface area contributed by atoms with Crippen molar-refractivity contribution in [1.82, 2.24) is 14.8 Å². The van der Waals surface area contributed by atoms with Gasteiger partial charge in [0.05, 0.1) is 22.9 Å². The van der Waals surface area contributed by atoms with Gasteiger partial charge in [-0.05, 0) is 70.2 Å². The molecule has 12 heteroatoms. The molecule has 4 amide bonds. The van der Waals surface area contributed by atoms with Gasteiger partial charge in [-0.2, -0.15) is 0 Å². The predicted molar refractivity (Wildman–Crippen MR) is 157 cm³/mol. The number of halogens is 2. The Morgan fingerprint density at radius 1 is 1.07 bits per heavy atom. The summed E-state index contributed by atoms with van der Waals surface area (Å²) >= 11 is 6.05. The van der Waals surface area contributed by atoms with Gasteiger partial charge in [0.25, 0.3) is 0 Å². The lowest BCUT2D eigenvalue weighted by Gasteiger charge is -2.45. The van der Waals surface area contributed by atoms with Crippen LogP contribution in [0.2, 0.25) is 5.02 Å². The molecule has 2 atom stereocenters. The fourth-order valence-corrected chi connectivity index (χ4v) is 5.11. The number of pyridine rings is 1. The van der Waals surface area contributed by atoms with Crippen LogP contribution in [0.5, 0.6) is 0 Å². The smallest absolute Gasteiger partial charge is 0.413 e. The Hall–Kier alpha value is -3.73. The standard InChI is InChI=1S/C30H37ClFN5O5/c1-16(2)27(39)36-15-24(19-9-10-23(32)22(31)11-19)37(14-17(36)3)28(40)26(38)34-20-12-21(18-7-8-18)25(33-13-20)35-29(41)42-30(4,5)6/h9-13,16-18,24H,7-8,14-15H2,1-6H3,(H,34,38)(H,33,35,41)/t17-,24?/m1/s1. The number of carbonyl (C=O) groups is 4. The summed E-state index contributed by atoms with van der Waals surface area (Å²) in [5.74, 6) is -2.17. The number of ether oxygens (including phenoxy) is 1. The Morgan fingerprint density at radius 2 is 1.76 bits per heavy atom. The summed E-state index contributed by atoms with van der Waals surface area (Å²) in [4.78, 5) is 59.5. The lowest BCUT2D eigenvalue weighted by atomic mass is 9.98. The first-order valence-electron chi connectivity index (χ1n) is 14.0. The second-order valence-electron chi connectivity index (χ2n) is 12.2. The van der Waals surface area contributed by atoms with Gasteiger partial charge < -0.3 is 19.9 Å². The van der Waals surface area contributed by atoms with Crippen molar-refractivity contribution in [1.29, 1.82) is 0 Å². The van der Waals surface area contributed by atoms with E-state index in [2.05, 4.69) is 15.6 Å². The highest BCUT2D eigenvalue weighted by Crippen LogP contribution is 2.43. The molecular weight excluding hydrogens is 565 g/mol. The summed E-state index contributed by atoms with van der Waals surface area (Å²) < 4.78 is 19.3. The minimum Gasteiger partial charge on any atom is -0.444 e. The molecule has 42 heavy (non-hydrogen) atoms. The van der Waals surface area contributed by atoms with E-state index in [9.17, 15) is 23.6 Å². The molecule has 0 spiro atoms. The topological polar surface area (TPSA) is 121 Å². The summed E-state index contributed by atoms with van der Waals surface area (Å²) in [6.07, 6.45) is 2.53. The van der Waals surface area contributed by atoms with Gasteiger partial charge in [0, 0.05) is 30.6 Å². The third kappa shape index (κ3) is 7.36. The first kappa shape index (κ1) is 31.2. The predicted octanol–water partition coefficient (Wildman–Crippen LogP) is 5.49. The van der Waals surface area contributed by atoms with Crippen molar-refractivity contribution in [3.05, 3.63) is 52.4 Å². The van der Waals surface area contributed by atoms with Gasteiger partial charge in [-0.3, -0.25) is 19.7 Å². The molecule has 4 rings (SSSR count). The molecule has 0 radical (unpaired) electrons. The summed E-state index contributed by atoms with van der Waals surface area (Å²) in [6.45, 7) is 10.9. The number of nitrogens with zero attached hydrogens (tertiary/aromatic N) is 3. The van der Waals surface area contributed by atoms with Crippen molar-refractivity contribution in [3.8, 4) is 0 Å². The van der Waals surface area contributed by atoms with E-state index in [1.165, 1.54) is 29.3 Å². The van der Waals surface area contributed by atoms with Gasteiger partial charge in [0.2, 0.25) is 5.91 Å². The van der Waals surface area contributed by atoms with Crippen LogP contribution in [0.4, 0.5) is 20.7 Å². The van der Waals surface area contributed by atoms with E-state index in [4.69, 9.17) is 16.3 Å². The minimum atomic E-state index is -0.888. The van der Waals surface area contributed by atoms with E-state index >= 15 is 0 Å². The quantitative estimate of drug-likeness (QED) is 0.437. The van der Waals surface area contributed by atoms with Crippen LogP contribution in [0.25, 0.3) is 0 Å². The average molecular weight is 602 g/mol. The van der Waals surface area contributed by atoms with Crippen LogP contribution >= 0.6 is 11.6 Å². The van der Waals surface area contributed by atoms with Crippen LogP contribution in [0.15, 0.2) is 30.5 Å². The minimum absolute atomic E-state index is 0.0870. The lowest BCUT2D eigenvalue weighted by Crippen LogP contribution is -2.59. The van der Waals surface area contributed by atoms with Crippen molar-refractivity contribution in [2.45, 2.75) is 78.0 Å².